The van der Waals surface area contributed by atoms with Gasteiger partial charge in [-0.1, -0.05) is 5.16 Å². The average Bonchev–Trinajstić information content (AvgIpc) is 2.85. The molecule has 1 N–H and O–H groups in total. The number of nitrogens with zero attached hydrogens (tertiary/aromatic N) is 2. The molecule has 1 saturated carbocycles. The van der Waals surface area contributed by atoms with E-state index in [1.807, 2.05) is 13.0 Å². The normalized spacial score (nSPS) is 15.4. The number of aryl methyl sites for hydroxylation is 1. The van der Waals surface area contributed by atoms with Crippen molar-refractivity contribution >= 4 is 0 Å². The zero-order chi connectivity index (χ0) is 11.7. The van der Waals surface area contributed by atoms with Crippen LogP contribution in [-0.2, 0) is 6.54 Å². The lowest BCUT2D eigenvalue weighted by Gasteiger charge is -1.97. The maximum atomic E-state index is 5.31. The molecule has 90 valence electrons. The lowest BCUT2D eigenvalue weighted by atomic mass is 10.3. The van der Waals surface area contributed by atoms with E-state index in [1.54, 1.807) is 6.26 Å². The van der Waals surface area contributed by atoms with Crippen LogP contribution in [0, 0.1) is 12.8 Å². The summed E-state index contributed by atoms with van der Waals surface area (Å²) in [5.74, 6) is 2.67. The van der Waals surface area contributed by atoms with Crippen molar-refractivity contribution in [2.45, 2.75) is 26.3 Å². The summed E-state index contributed by atoms with van der Waals surface area (Å²) in [4.78, 5) is 4.30. The van der Waals surface area contributed by atoms with Gasteiger partial charge in [0, 0.05) is 0 Å². The second-order valence-corrected chi connectivity index (χ2v) is 4.52. The highest BCUT2D eigenvalue weighted by Gasteiger charge is 2.20. The Morgan fingerprint density at radius 3 is 3.06 bits per heavy atom. The molecule has 5 heteroatoms. The van der Waals surface area contributed by atoms with Crippen LogP contribution in [0.5, 0.6) is 0 Å². The van der Waals surface area contributed by atoms with Crippen LogP contribution >= 0.6 is 0 Å². The molecule has 2 aromatic heterocycles. The summed E-state index contributed by atoms with van der Waals surface area (Å²) >= 11 is 0. The summed E-state index contributed by atoms with van der Waals surface area (Å²) in [5.41, 5.74) is 1.02. The fourth-order valence-corrected chi connectivity index (χ4v) is 1.73. The lowest BCUT2D eigenvalue weighted by molar-refractivity contribution is 0.366. The van der Waals surface area contributed by atoms with Gasteiger partial charge >= 0.3 is 0 Å². The Morgan fingerprint density at radius 2 is 2.35 bits per heavy atom. The highest BCUT2D eigenvalue weighted by molar-refractivity contribution is 5.50. The second kappa shape index (κ2) is 4.33. The number of aromatic nitrogens is 2. The molecule has 0 aliphatic heterocycles. The van der Waals surface area contributed by atoms with E-state index in [1.165, 1.54) is 12.8 Å². The fraction of sp³-hybridized carbons (Fsp3) is 0.500. The van der Waals surface area contributed by atoms with Crippen molar-refractivity contribution < 1.29 is 8.94 Å². The van der Waals surface area contributed by atoms with Gasteiger partial charge in [-0.15, -0.1) is 0 Å². The monoisotopic (exact) mass is 233 g/mol. The summed E-state index contributed by atoms with van der Waals surface area (Å²) in [5, 5.41) is 7.22. The molecule has 0 saturated heterocycles. The summed E-state index contributed by atoms with van der Waals surface area (Å²) in [6.07, 6.45) is 4.31. The number of furan rings is 1. The molecule has 2 aromatic rings. The van der Waals surface area contributed by atoms with Gasteiger partial charge < -0.3 is 14.3 Å². The highest BCUT2D eigenvalue weighted by atomic mass is 16.5. The van der Waals surface area contributed by atoms with Crippen LogP contribution in [0.1, 0.15) is 24.3 Å². The zero-order valence-corrected chi connectivity index (χ0v) is 9.77. The molecular weight excluding hydrogens is 218 g/mol. The third kappa shape index (κ3) is 2.39. The van der Waals surface area contributed by atoms with E-state index < -0.39 is 0 Å². The van der Waals surface area contributed by atoms with E-state index in [-0.39, 0.29) is 0 Å². The summed E-state index contributed by atoms with van der Waals surface area (Å²) in [6.45, 7) is 3.63. The third-order valence-corrected chi connectivity index (χ3v) is 2.94. The molecular formula is C12H15N3O2. The van der Waals surface area contributed by atoms with E-state index in [0.29, 0.717) is 24.0 Å². The van der Waals surface area contributed by atoms with E-state index in [9.17, 15) is 0 Å². The van der Waals surface area contributed by atoms with Crippen LogP contribution in [-0.4, -0.2) is 16.7 Å². The van der Waals surface area contributed by atoms with Crippen LogP contribution in [0.15, 0.2) is 21.3 Å². The van der Waals surface area contributed by atoms with Crippen LogP contribution in [0.3, 0.4) is 0 Å². The minimum absolute atomic E-state index is 0.524. The van der Waals surface area contributed by atoms with Crippen molar-refractivity contribution in [3.05, 3.63) is 23.8 Å². The van der Waals surface area contributed by atoms with Gasteiger partial charge in [0.1, 0.15) is 0 Å². The Kier molecular flexibility index (Phi) is 2.68. The van der Waals surface area contributed by atoms with Crippen LogP contribution in [0.25, 0.3) is 11.6 Å². The molecule has 17 heavy (non-hydrogen) atoms. The first-order chi connectivity index (χ1) is 8.33. The largest absolute Gasteiger partial charge is 0.461 e. The molecule has 0 bridgehead atoms. The van der Waals surface area contributed by atoms with Crippen LogP contribution in [0.2, 0.25) is 0 Å². The number of hydrogen-bond acceptors (Lipinski definition) is 5. The zero-order valence-electron chi connectivity index (χ0n) is 9.77. The summed E-state index contributed by atoms with van der Waals surface area (Å²) in [7, 11) is 0. The fourth-order valence-electron chi connectivity index (χ4n) is 1.73. The quantitative estimate of drug-likeness (QED) is 0.857. The van der Waals surface area contributed by atoms with Crippen molar-refractivity contribution in [2.75, 3.05) is 6.54 Å². The minimum Gasteiger partial charge on any atom is -0.461 e. The summed E-state index contributed by atoms with van der Waals surface area (Å²) in [6, 6.07) is 1.89. The van der Waals surface area contributed by atoms with Gasteiger partial charge in [-0.2, -0.15) is 4.98 Å². The number of nitrogens with one attached hydrogen (secondary N) is 1. The Bertz CT molecular complexity index is 499. The Labute approximate surface area is 99.2 Å². The SMILES string of the molecule is Cc1ccoc1-c1noc(CNCC2CC2)n1. The standard InChI is InChI=1S/C12H15N3O2/c1-8-4-5-16-11(8)12-14-10(17-15-12)7-13-6-9-2-3-9/h4-5,9,13H,2-3,6-7H2,1H3. The lowest BCUT2D eigenvalue weighted by Crippen LogP contribution is -2.16. The number of rotatable bonds is 5. The molecule has 2 heterocycles. The molecule has 0 radical (unpaired) electrons. The molecule has 3 rings (SSSR count). The maximum Gasteiger partial charge on any atom is 0.241 e. The number of hydrogen-bond donors (Lipinski definition) is 1. The molecule has 0 spiro atoms. The van der Waals surface area contributed by atoms with Gasteiger partial charge in [-0.25, -0.2) is 0 Å². The van der Waals surface area contributed by atoms with Gasteiger partial charge in [-0.05, 0) is 43.9 Å². The molecule has 0 unspecified atom stereocenters. The molecule has 0 aromatic carbocycles. The van der Waals surface area contributed by atoms with E-state index in [0.717, 1.165) is 18.0 Å². The van der Waals surface area contributed by atoms with Crippen molar-refractivity contribution in [3.63, 3.8) is 0 Å². The topological polar surface area (TPSA) is 64.1 Å². The van der Waals surface area contributed by atoms with Crippen molar-refractivity contribution in [3.8, 4) is 11.6 Å². The first kappa shape index (κ1) is 10.5. The first-order valence-corrected chi connectivity index (χ1v) is 5.90. The van der Waals surface area contributed by atoms with E-state index >= 15 is 0 Å². The second-order valence-electron chi connectivity index (χ2n) is 4.52. The highest BCUT2D eigenvalue weighted by Crippen LogP contribution is 2.27. The van der Waals surface area contributed by atoms with Gasteiger partial charge in [0.2, 0.25) is 11.7 Å². The maximum absolute atomic E-state index is 5.31. The van der Waals surface area contributed by atoms with Gasteiger partial charge in [0.25, 0.3) is 0 Å². The summed E-state index contributed by atoms with van der Waals surface area (Å²) < 4.78 is 10.5. The van der Waals surface area contributed by atoms with Gasteiger partial charge in [0.15, 0.2) is 5.76 Å². The van der Waals surface area contributed by atoms with Crippen molar-refractivity contribution in [1.82, 2.24) is 15.5 Å². The van der Waals surface area contributed by atoms with Gasteiger partial charge in [0.05, 0.1) is 12.8 Å². The van der Waals surface area contributed by atoms with Gasteiger partial charge in [-0.3, -0.25) is 0 Å². The van der Waals surface area contributed by atoms with E-state index in [4.69, 9.17) is 8.94 Å². The molecule has 1 aliphatic rings. The van der Waals surface area contributed by atoms with Crippen molar-refractivity contribution in [1.29, 1.82) is 0 Å². The molecule has 0 atom stereocenters. The van der Waals surface area contributed by atoms with Crippen LogP contribution in [0.4, 0.5) is 0 Å². The predicted octanol–water partition coefficient (Wildman–Crippen LogP) is 2.14. The van der Waals surface area contributed by atoms with Crippen LogP contribution < -0.4 is 5.32 Å². The Morgan fingerprint density at radius 1 is 1.47 bits per heavy atom. The molecule has 1 aliphatic carbocycles. The molecule has 0 amide bonds. The smallest absolute Gasteiger partial charge is 0.241 e. The molecule has 1 fully saturated rings. The average molecular weight is 233 g/mol. The third-order valence-electron chi connectivity index (χ3n) is 2.94. The molecule has 5 nitrogen and oxygen atoms in total. The van der Waals surface area contributed by atoms with E-state index in [2.05, 4.69) is 15.5 Å². The first-order valence-electron chi connectivity index (χ1n) is 5.90. The van der Waals surface area contributed by atoms with Crippen molar-refractivity contribution in [2.24, 2.45) is 5.92 Å². The predicted molar refractivity (Wildman–Crippen MR) is 61.2 cm³/mol. The Hall–Kier alpha value is -1.62. The Balaban J connectivity index is 1.63. The minimum atomic E-state index is 0.524.